The van der Waals surface area contributed by atoms with Crippen molar-refractivity contribution in [1.82, 2.24) is 4.90 Å². The largest absolute Gasteiger partial charge is 0.369 e. The number of hydrogen-bond donors (Lipinski definition) is 0. The molecule has 6 heteroatoms. The fourth-order valence-corrected chi connectivity index (χ4v) is 3.37. The molecule has 1 fully saturated rings. The molecular formula is C15H22ClN3O2. The van der Waals surface area contributed by atoms with Crippen molar-refractivity contribution in [2.45, 2.75) is 33.2 Å². The first-order valence-corrected chi connectivity index (χ1v) is 7.79. The summed E-state index contributed by atoms with van der Waals surface area (Å²) in [5, 5.41) is 11.4. The first-order valence-electron chi connectivity index (χ1n) is 7.41. The fraction of sp³-hybridized carbons (Fsp3) is 0.600. The molecule has 1 aromatic carbocycles. The molecule has 1 saturated heterocycles. The zero-order valence-corrected chi connectivity index (χ0v) is 13.6. The second kappa shape index (κ2) is 6.62. The zero-order chi connectivity index (χ0) is 15.6. The molecule has 1 unspecified atom stereocenters. The van der Waals surface area contributed by atoms with Gasteiger partial charge in [0, 0.05) is 30.8 Å². The molecule has 0 radical (unpaired) electrons. The summed E-state index contributed by atoms with van der Waals surface area (Å²) < 4.78 is 0. The quantitative estimate of drug-likeness (QED) is 0.617. The second-order valence-electron chi connectivity index (χ2n) is 5.46. The van der Waals surface area contributed by atoms with Crippen molar-refractivity contribution in [2.24, 2.45) is 0 Å². The van der Waals surface area contributed by atoms with Gasteiger partial charge in [-0.15, -0.1) is 0 Å². The van der Waals surface area contributed by atoms with Crippen LogP contribution < -0.4 is 4.90 Å². The molecule has 0 bridgehead atoms. The van der Waals surface area contributed by atoms with Gasteiger partial charge in [0.25, 0.3) is 5.69 Å². The zero-order valence-electron chi connectivity index (χ0n) is 12.8. The minimum Gasteiger partial charge on any atom is -0.369 e. The van der Waals surface area contributed by atoms with Crippen LogP contribution in [0.5, 0.6) is 0 Å². The molecule has 1 aliphatic heterocycles. The Labute approximate surface area is 130 Å². The van der Waals surface area contributed by atoms with Gasteiger partial charge in [-0.25, -0.2) is 0 Å². The van der Waals surface area contributed by atoms with Crippen molar-refractivity contribution in [1.29, 1.82) is 0 Å². The van der Waals surface area contributed by atoms with Crippen LogP contribution in [0.1, 0.15) is 25.8 Å². The molecule has 5 nitrogen and oxygen atoms in total. The highest BCUT2D eigenvalue weighted by Gasteiger charge is 2.28. The van der Waals surface area contributed by atoms with Crippen molar-refractivity contribution >= 4 is 23.0 Å². The first kappa shape index (κ1) is 16.0. The van der Waals surface area contributed by atoms with E-state index in [-0.39, 0.29) is 10.6 Å². The smallest absolute Gasteiger partial charge is 0.273 e. The number of nitro groups is 1. The van der Waals surface area contributed by atoms with Gasteiger partial charge in [0.05, 0.1) is 15.6 Å². The average Bonchev–Trinajstić information content (AvgIpc) is 2.91. The molecule has 2 rings (SSSR count). The Balaban J connectivity index is 2.20. The van der Waals surface area contributed by atoms with E-state index in [1.807, 2.05) is 6.07 Å². The average molecular weight is 312 g/mol. The van der Waals surface area contributed by atoms with Crippen LogP contribution in [0.15, 0.2) is 12.1 Å². The second-order valence-corrected chi connectivity index (χ2v) is 5.86. The topological polar surface area (TPSA) is 49.6 Å². The molecule has 0 N–H and O–H groups in total. The Kier molecular flexibility index (Phi) is 5.06. The molecule has 0 aliphatic carbocycles. The summed E-state index contributed by atoms with van der Waals surface area (Å²) in [6, 6.07) is 3.84. The van der Waals surface area contributed by atoms with E-state index in [4.69, 9.17) is 11.6 Å². The maximum atomic E-state index is 11.0. The van der Waals surface area contributed by atoms with Crippen LogP contribution in [-0.2, 0) is 0 Å². The van der Waals surface area contributed by atoms with Crippen molar-refractivity contribution in [3.63, 3.8) is 0 Å². The SMILES string of the molecule is CCN(CC)C1CCN(c2cc(C)c([N+](=O)[O-])cc2Cl)C1. The van der Waals surface area contributed by atoms with Crippen molar-refractivity contribution in [3.05, 3.63) is 32.8 Å². The van der Waals surface area contributed by atoms with E-state index in [9.17, 15) is 10.1 Å². The number of hydrogen-bond acceptors (Lipinski definition) is 4. The van der Waals surface area contributed by atoms with E-state index in [2.05, 4.69) is 23.6 Å². The third-order valence-corrected chi connectivity index (χ3v) is 4.60. The summed E-state index contributed by atoms with van der Waals surface area (Å²) in [6.45, 7) is 10.1. The highest BCUT2D eigenvalue weighted by atomic mass is 35.5. The van der Waals surface area contributed by atoms with E-state index >= 15 is 0 Å². The van der Waals surface area contributed by atoms with Gasteiger partial charge in [0.15, 0.2) is 0 Å². The van der Waals surface area contributed by atoms with Crippen molar-refractivity contribution in [2.75, 3.05) is 31.1 Å². The summed E-state index contributed by atoms with van der Waals surface area (Å²) in [7, 11) is 0. The Morgan fingerprint density at radius 1 is 1.43 bits per heavy atom. The predicted molar refractivity (Wildman–Crippen MR) is 86.4 cm³/mol. The van der Waals surface area contributed by atoms with Gasteiger partial charge in [0.1, 0.15) is 0 Å². The minimum absolute atomic E-state index is 0.0863. The fourth-order valence-electron chi connectivity index (χ4n) is 3.09. The molecular weight excluding hydrogens is 290 g/mol. The van der Waals surface area contributed by atoms with Gasteiger partial charge in [-0.05, 0) is 32.5 Å². The highest BCUT2D eigenvalue weighted by molar-refractivity contribution is 6.33. The maximum Gasteiger partial charge on any atom is 0.273 e. The monoisotopic (exact) mass is 311 g/mol. The minimum atomic E-state index is -0.381. The lowest BCUT2D eigenvalue weighted by molar-refractivity contribution is -0.385. The highest BCUT2D eigenvalue weighted by Crippen LogP contribution is 2.35. The lowest BCUT2D eigenvalue weighted by atomic mass is 10.1. The number of rotatable bonds is 5. The van der Waals surface area contributed by atoms with Crippen LogP contribution in [0.2, 0.25) is 5.02 Å². The summed E-state index contributed by atoms with van der Waals surface area (Å²) in [4.78, 5) is 15.3. The number of nitrogens with zero attached hydrogens (tertiary/aromatic N) is 3. The third-order valence-electron chi connectivity index (χ3n) is 4.29. The molecule has 0 amide bonds. The lowest BCUT2D eigenvalue weighted by Crippen LogP contribution is -2.37. The van der Waals surface area contributed by atoms with Gasteiger partial charge in [-0.2, -0.15) is 0 Å². The van der Waals surface area contributed by atoms with Crippen LogP contribution in [0.25, 0.3) is 0 Å². The number of benzene rings is 1. The van der Waals surface area contributed by atoms with Gasteiger partial charge in [0.2, 0.25) is 0 Å². The van der Waals surface area contributed by atoms with Crippen LogP contribution in [0.4, 0.5) is 11.4 Å². The molecule has 0 spiro atoms. The van der Waals surface area contributed by atoms with E-state index < -0.39 is 0 Å². The van der Waals surface area contributed by atoms with Gasteiger partial charge < -0.3 is 4.90 Å². The van der Waals surface area contributed by atoms with E-state index in [1.165, 1.54) is 6.07 Å². The molecule has 0 saturated carbocycles. The van der Waals surface area contributed by atoms with E-state index in [1.54, 1.807) is 6.92 Å². The third kappa shape index (κ3) is 3.30. The molecule has 1 atom stereocenters. The van der Waals surface area contributed by atoms with Crippen molar-refractivity contribution in [3.8, 4) is 0 Å². The summed E-state index contributed by atoms with van der Waals surface area (Å²) in [5.41, 5.74) is 1.66. The number of aryl methyl sites for hydroxylation is 1. The molecule has 1 aliphatic rings. The van der Waals surface area contributed by atoms with E-state index in [0.29, 0.717) is 16.6 Å². The lowest BCUT2D eigenvalue weighted by Gasteiger charge is -2.27. The Morgan fingerprint density at radius 3 is 2.67 bits per heavy atom. The van der Waals surface area contributed by atoms with Crippen LogP contribution in [0.3, 0.4) is 0 Å². The number of likely N-dealkylation sites (N-methyl/N-ethyl adjacent to an activating group) is 1. The van der Waals surface area contributed by atoms with Gasteiger partial charge in [-0.3, -0.25) is 15.0 Å². The summed E-state index contributed by atoms with van der Waals surface area (Å²) in [6.07, 6.45) is 1.11. The molecule has 1 aromatic rings. The molecule has 21 heavy (non-hydrogen) atoms. The molecule has 1 heterocycles. The Hall–Kier alpha value is -1.33. The molecule has 0 aromatic heterocycles. The predicted octanol–water partition coefficient (Wildman–Crippen LogP) is 3.48. The van der Waals surface area contributed by atoms with Crippen LogP contribution >= 0.6 is 11.6 Å². The number of nitro benzene ring substituents is 1. The number of anilines is 1. The van der Waals surface area contributed by atoms with Crippen LogP contribution in [-0.4, -0.2) is 42.0 Å². The van der Waals surface area contributed by atoms with Gasteiger partial charge in [-0.1, -0.05) is 25.4 Å². The van der Waals surface area contributed by atoms with Crippen LogP contribution in [0, 0.1) is 17.0 Å². The number of halogens is 1. The summed E-state index contributed by atoms with van der Waals surface area (Å²) in [5.74, 6) is 0. The van der Waals surface area contributed by atoms with Crippen molar-refractivity contribution < 1.29 is 4.92 Å². The maximum absolute atomic E-state index is 11.0. The Bertz CT molecular complexity index is 532. The van der Waals surface area contributed by atoms with Gasteiger partial charge >= 0.3 is 0 Å². The normalized spacial score (nSPS) is 18.5. The first-order chi connectivity index (χ1) is 9.97. The molecule has 116 valence electrons. The standard InChI is InChI=1S/C15H22ClN3O2/c1-4-17(5-2)12-6-7-18(10-12)15-8-11(3)14(19(20)21)9-13(15)16/h8-9,12H,4-7,10H2,1-3H3. The summed E-state index contributed by atoms with van der Waals surface area (Å²) >= 11 is 6.26. The Morgan fingerprint density at radius 2 is 2.10 bits per heavy atom. The van der Waals surface area contributed by atoms with E-state index in [0.717, 1.165) is 38.3 Å².